The highest BCUT2D eigenvalue weighted by atomic mass is 79.9. The van der Waals surface area contributed by atoms with E-state index < -0.39 is 5.82 Å². The van der Waals surface area contributed by atoms with Crippen LogP contribution in [0.15, 0.2) is 35.3 Å². The number of carbonyl (C=O) groups is 1. The third-order valence-corrected chi connectivity index (χ3v) is 2.05. The Morgan fingerprint density at radius 2 is 2.31 bits per heavy atom. The van der Waals surface area contributed by atoms with Gasteiger partial charge < -0.3 is 0 Å². The van der Waals surface area contributed by atoms with Crippen molar-refractivity contribution in [2.24, 2.45) is 0 Å². The van der Waals surface area contributed by atoms with Gasteiger partial charge in [-0.1, -0.05) is 22.0 Å². The van der Waals surface area contributed by atoms with Crippen molar-refractivity contribution >= 4 is 21.7 Å². The number of rotatable bonds is 3. The zero-order chi connectivity index (χ0) is 9.84. The van der Waals surface area contributed by atoms with Crippen LogP contribution in [0.4, 0.5) is 4.39 Å². The second kappa shape index (κ2) is 4.33. The molecule has 68 valence electrons. The molecule has 1 aromatic rings. The molecule has 0 N–H and O–H groups in total. The van der Waals surface area contributed by atoms with Gasteiger partial charge in [0.05, 0.1) is 5.56 Å². The minimum absolute atomic E-state index is 0.114. The molecule has 1 rings (SSSR count). The van der Waals surface area contributed by atoms with Gasteiger partial charge >= 0.3 is 0 Å². The summed E-state index contributed by atoms with van der Waals surface area (Å²) in [5.74, 6) is -0.749. The van der Waals surface area contributed by atoms with Crippen molar-refractivity contribution in [1.29, 1.82) is 0 Å². The molecule has 0 radical (unpaired) electrons. The van der Waals surface area contributed by atoms with Crippen molar-refractivity contribution in [1.82, 2.24) is 0 Å². The molecule has 0 aliphatic carbocycles. The molecule has 0 amide bonds. The molecule has 3 heteroatoms. The van der Waals surface area contributed by atoms with Gasteiger partial charge in [-0.3, -0.25) is 4.79 Å². The van der Waals surface area contributed by atoms with Crippen LogP contribution in [-0.4, -0.2) is 5.78 Å². The molecular weight excluding hydrogens is 235 g/mol. The van der Waals surface area contributed by atoms with Crippen molar-refractivity contribution < 1.29 is 9.18 Å². The molecule has 0 unspecified atom stereocenters. The van der Waals surface area contributed by atoms with Crippen LogP contribution >= 0.6 is 15.9 Å². The SMILES string of the molecule is C=CCC(=O)c1ccc(Br)cc1F. The fourth-order valence-electron chi connectivity index (χ4n) is 0.957. The van der Waals surface area contributed by atoms with Crippen LogP contribution in [0.3, 0.4) is 0 Å². The quantitative estimate of drug-likeness (QED) is 0.587. The molecular formula is C10H8BrFO. The highest BCUT2D eigenvalue weighted by molar-refractivity contribution is 9.10. The van der Waals surface area contributed by atoms with Crippen molar-refractivity contribution in [3.63, 3.8) is 0 Å². The Morgan fingerprint density at radius 1 is 1.62 bits per heavy atom. The zero-order valence-electron chi connectivity index (χ0n) is 6.89. The summed E-state index contributed by atoms with van der Waals surface area (Å²) >= 11 is 3.11. The van der Waals surface area contributed by atoms with Crippen molar-refractivity contribution in [2.45, 2.75) is 6.42 Å². The number of ketones is 1. The van der Waals surface area contributed by atoms with E-state index in [2.05, 4.69) is 22.5 Å². The van der Waals surface area contributed by atoms with Crippen LogP contribution in [0.2, 0.25) is 0 Å². The molecule has 1 nitrogen and oxygen atoms in total. The van der Waals surface area contributed by atoms with Gasteiger partial charge in [-0.25, -0.2) is 4.39 Å². The van der Waals surface area contributed by atoms with Crippen LogP contribution in [0.1, 0.15) is 16.8 Å². The Balaban J connectivity index is 3.01. The fourth-order valence-corrected chi connectivity index (χ4v) is 1.29. The van der Waals surface area contributed by atoms with Crippen molar-refractivity contribution in [3.8, 4) is 0 Å². The lowest BCUT2D eigenvalue weighted by molar-refractivity contribution is 0.0992. The number of hydrogen-bond acceptors (Lipinski definition) is 1. The van der Waals surface area contributed by atoms with E-state index in [0.29, 0.717) is 4.47 Å². The van der Waals surface area contributed by atoms with E-state index in [-0.39, 0.29) is 17.8 Å². The van der Waals surface area contributed by atoms with Crippen LogP contribution in [0, 0.1) is 5.82 Å². The predicted octanol–water partition coefficient (Wildman–Crippen LogP) is 3.35. The van der Waals surface area contributed by atoms with Gasteiger partial charge in [0.25, 0.3) is 0 Å². The molecule has 0 aliphatic heterocycles. The lowest BCUT2D eigenvalue weighted by Gasteiger charge is -1.99. The Hall–Kier alpha value is -0.960. The molecule has 0 atom stereocenters. The van der Waals surface area contributed by atoms with Gasteiger partial charge in [-0.05, 0) is 18.2 Å². The van der Waals surface area contributed by atoms with E-state index in [1.165, 1.54) is 18.2 Å². The molecule has 0 saturated heterocycles. The van der Waals surface area contributed by atoms with E-state index in [1.807, 2.05) is 0 Å². The average Bonchev–Trinajstić information content (AvgIpc) is 2.04. The monoisotopic (exact) mass is 242 g/mol. The van der Waals surface area contributed by atoms with Crippen LogP contribution < -0.4 is 0 Å². The third-order valence-electron chi connectivity index (χ3n) is 1.56. The molecule has 0 fully saturated rings. The molecule has 0 bridgehead atoms. The number of halogens is 2. The smallest absolute Gasteiger partial charge is 0.169 e. The molecule has 0 saturated carbocycles. The summed E-state index contributed by atoms with van der Waals surface area (Å²) in [5.41, 5.74) is 0.114. The predicted molar refractivity (Wildman–Crippen MR) is 53.2 cm³/mol. The lowest BCUT2D eigenvalue weighted by atomic mass is 10.1. The van der Waals surface area contributed by atoms with Gasteiger partial charge in [0.15, 0.2) is 5.78 Å². The summed E-state index contributed by atoms with van der Waals surface area (Å²) in [7, 11) is 0. The normalized spacial score (nSPS) is 9.69. The topological polar surface area (TPSA) is 17.1 Å². The summed E-state index contributed by atoms with van der Waals surface area (Å²) in [6.07, 6.45) is 1.63. The highest BCUT2D eigenvalue weighted by Crippen LogP contribution is 2.16. The van der Waals surface area contributed by atoms with Crippen molar-refractivity contribution in [3.05, 3.63) is 46.7 Å². The second-order valence-corrected chi connectivity index (χ2v) is 3.46. The van der Waals surface area contributed by atoms with Gasteiger partial charge in [0.2, 0.25) is 0 Å². The average molecular weight is 243 g/mol. The Kier molecular flexibility index (Phi) is 3.37. The van der Waals surface area contributed by atoms with E-state index >= 15 is 0 Å². The summed E-state index contributed by atoms with van der Waals surface area (Å²) in [6.45, 7) is 3.42. The first-order valence-corrected chi connectivity index (χ1v) is 4.53. The number of benzene rings is 1. The Labute approximate surface area is 84.4 Å². The molecule has 0 aromatic heterocycles. The Morgan fingerprint density at radius 3 is 2.85 bits per heavy atom. The summed E-state index contributed by atoms with van der Waals surface area (Å²) < 4.78 is 13.8. The highest BCUT2D eigenvalue weighted by Gasteiger charge is 2.09. The van der Waals surface area contributed by atoms with Crippen molar-refractivity contribution in [2.75, 3.05) is 0 Å². The van der Waals surface area contributed by atoms with E-state index in [1.54, 1.807) is 6.07 Å². The zero-order valence-corrected chi connectivity index (χ0v) is 8.47. The minimum Gasteiger partial charge on any atom is -0.294 e. The summed E-state index contributed by atoms with van der Waals surface area (Å²) in [6, 6.07) is 4.38. The van der Waals surface area contributed by atoms with E-state index in [4.69, 9.17) is 0 Å². The molecule has 0 heterocycles. The maximum absolute atomic E-state index is 13.1. The van der Waals surface area contributed by atoms with Gasteiger partial charge in [-0.15, -0.1) is 6.58 Å². The first-order valence-electron chi connectivity index (χ1n) is 3.74. The minimum atomic E-state index is -0.499. The number of carbonyl (C=O) groups excluding carboxylic acids is 1. The second-order valence-electron chi connectivity index (χ2n) is 2.54. The van der Waals surface area contributed by atoms with E-state index in [0.717, 1.165) is 0 Å². The first-order chi connectivity index (χ1) is 6.15. The standard InChI is InChI=1S/C10H8BrFO/c1-2-3-10(13)8-5-4-7(11)6-9(8)12/h2,4-6H,1,3H2. The van der Waals surface area contributed by atoms with Gasteiger partial charge in [-0.2, -0.15) is 0 Å². The third kappa shape index (κ3) is 2.49. The van der Waals surface area contributed by atoms with Crippen LogP contribution in [-0.2, 0) is 0 Å². The summed E-state index contributed by atoms with van der Waals surface area (Å²) in [4.78, 5) is 11.3. The maximum atomic E-state index is 13.1. The van der Waals surface area contributed by atoms with E-state index in [9.17, 15) is 9.18 Å². The molecule has 1 aromatic carbocycles. The fraction of sp³-hybridized carbons (Fsp3) is 0.100. The molecule has 0 aliphatic rings. The Bertz CT molecular complexity index is 347. The lowest BCUT2D eigenvalue weighted by Crippen LogP contribution is -2.00. The molecule has 13 heavy (non-hydrogen) atoms. The van der Waals surface area contributed by atoms with Crippen LogP contribution in [0.25, 0.3) is 0 Å². The number of hydrogen-bond donors (Lipinski definition) is 0. The largest absolute Gasteiger partial charge is 0.294 e. The first kappa shape index (κ1) is 10.1. The van der Waals surface area contributed by atoms with Crippen LogP contribution in [0.5, 0.6) is 0 Å². The van der Waals surface area contributed by atoms with Gasteiger partial charge in [0.1, 0.15) is 5.82 Å². The van der Waals surface area contributed by atoms with Gasteiger partial charge in [0, 0.05) is 10.9 Å². The summed E-state index contributed by atoms with van der Waals surface area (Å²) in [5, 5.41) is 0. The maximum Gasteiger partial charge on any atom is 0.169 e. The number of Topliss-reactive ketones (excluding diaryl/α,β-unsaturated/α-hetero) is 1. The molecule has 0 spiro atoms. The number of allylic oxidation sites excluding steroid dienone is 1.